The van der Waals surface area contributed by atoms with Crippen LogP contribution in [0.15, 0.2) is 10.4 Å². The van der Waals surface area contributed by atoms with Gasteiger partial charge in [-0.25, -0.2) is 4.98 Å². The van der Waals surface area contributed by atoms with Gasteiger partial charge in [-0.15, -0.1) is 11.3 Å². The van der Waals surface area contributed by atoms with Crippen molar-refractivity contribution in [3.63, 3.8) is 0 Å². The first-order chi connectivity index (χ1) is 7.22. The summed E-state index contributed by atoms with van der Waals surface area (Å²) in [4.78, 5) is 8.23. The summed E-state index contributed by atoms with van der Waals surface area (Å²) >= 11 is 1.74. The van der Waals surface area contributed by atoms with Gasteiger partial charge in [0.05, 0.1) is 5.01 Å². The van der Waals surface area contributed by atoms with Crippen molar-refractivity contribution in [1.82, 2.24) is 10.3 Å². The summed E-state index contributed by atoms with van der Waals surface area (Å²) in [5.74, 6) is 0.514. The molecule has 0 amide bonds. The first kappa shape index (κ1) is 12.0. The minimum Gasteiger partial charge on any atom is -0.370 e. The molecule has 0 unspecified atom stereocenters. The number of nitrogens with one attached hydrogen (secondary N) is 1. The SMILES string of the molecule is CN=C(N)NCCCCc1nc(C)cs1. The Hall–Kier alpha value is -1.10. The average molecular weight is 226 g/mol. The number of aliphatic imine (C=N–C) groups is 1. The first-order valence-electron chi connectivity index (χ1n) is 5.09. The van der Waals surface area contributed by atoms with E-state index in [2.05, 4.69) is 20.7 Å². The molecular weight excluding hydrogens is 208 g/mol. The number of rotatable bonds is 5. The van der Waals surface area contributed by atoms with Gasteiger partial charge in [0, 0.05) is 24.7 Å². The minimum atomic E-state index is 0.514. The second-order valence-electron chi connectivity index (χ2n) is 3.38. The number of aromatic nitrogens is 1. The van der Waals surface area contributed by atoms with Crippen LogP contribution in [0.25, 0.3) is 0 Å². The molecule has 0 fully saturated rings. The molecule has 1 aromatic rings. The number of unbranched alkanes of at least 4 members (excludes halogenated alkanes) is 1. The molecule has 4 nitrogen and oxygen atoms in total. The van der Waals surface area contributed by atoms with Crippen LogP contribution in [-0.2, 0) is 6.42 Å². The predicted molar refractivity (Wildman–Crippen MR) is 65.3 cm³/mol. The van der Waals surface area contributed by atoms with Gasteiger partial charge in [-0.3, -0.25) is 4.99 Å². The van der Waals surface area contributed by atoms with Gasteiger partial charge in [0.25, 0.3) is 0 Å². The Morgan fingerprint density at radius 3 is 3.00 bits per heavy atom. The molecule has 0 saturated heterocycles. The lowest BCUT2D eigenvalue weighted by Gasteiger charge is -2.03. The lowest BCUT2D eigenvalue weighted by atomic mass is 10.2. The Morgan fingerprint density at radius 1 is 1.60 bits per heavy atom. The van der Waals surface area contributed by atoms with Crippen molar-refractivity contribution in [2.75, 3.05) is 13.6 Å². The summed E-state index contributed by atoms with van der Waals surface area (Å²) in [6.07, 6.45) is 3.29. The van der Waals surface area contributed by atoms with Gasteiger partial charge in [0.15, 0.2) is 5.96 Å². The second kappa shape index (κ2) is 6.40. The van der Waals surface area contributed by atoms with E-state index < -0.39 is 0 Å². The van der Waals surface area contributed by atoms with E-state index in [0.717, 1.165) is 31.5 Å². The lowest BCUT2D eigenvalue weighted by molar-refractivity contribution is 0.704. The van der Waals surface area contributed by atoms with Crippen LogP contribution in [0.3, 0.4) is 0 Å². The fraction of sp³-hybridized carbons (Fsp3) is 0.600. The molecule has 1 aromatic heterocycles. The molecule has 0 bridgehead atoms. The van der Waals surface area contributed by atoms with Crippen molar-refractivity contribution < 1.29 is 0 Å². The van der Waals surface area contributed by atoms with Crippen molar-refractivity contribution in [3.8, 4) is 0 Å². The Balaban J connectivity index is 2.07. The third kappa shape index (κ3) is 4.78. The maximum absolute atomic E-state index is 5.50. The van der Waals surface area contributed by atoms with Crippen molar-refractivity contribution >= 4 is 17.3 Å². The van der Waals surface area contributed by atoms with Crippen molar-refractivity contribution in [2.45, 2.75) is 26.2 Å². The van der Waals surface area contributed by atoms with Crippen molar-refractivity contribution in [1.29, 1.82) is 0 Å². The Kier molecular flexibility index (Phi) is 5.10. The number of hydrogen-bond acceptors (Lipinski definition) is 3. The van der Waals surface area contributed by atoms with E-state index in [9.17, 15) is 0 Å². The zero-order valence-corrected chi connectivity index (χ0v) is 10.1. The molecule has 0 spiro atoms. The van der Waals surface area contributed by atoms with Crippen LogP contribution < -0.4 is 11.1 Å². The molecule has 5 heteroatoms. The molecule has 84 valence electrons. The van der Waals surface area contributed by atoms with Crippen LogP contribution in [0.4, 0.5) is 0 Å². The van der Waals surface area contributed by atoms with E-state index >= 15 is 0 Å². The standard InChI is InChI=1S/C10H18N4S/c1-8-7-15-9(14-8)5-3-4-6-13-10(11)12-2/h7H,3-6H2,1-2H3,(H3,11,12,13). The van der Waals surface area contributed by atoms with Crippen molar-refractivity contribution in [3.05, 3.63) is 16.1 Å². The van der Waals surface area contributed by atoms with Gasteiger partial charge in [-0.05, 0) is 26.2 Å². The minimum absolute atomic E-state index is 0.514. The molecule has 0 radical (unpaired) electrons. The fourth-order valence-corrected chi connectivity index (χ4v) is 2.03. The summed E-state index contributed by atoms with van der Waals surface area (Å²) in [5, 5.41) is 6.35. The van der Waals surface area contributed by atoms with E-state index in [1.807, 2.05) is 6.92 Å². The van der Waals surface area contributed by atoms with E-state index in [1.165, 1.54) is 5.01 Å². The number of aryl methyl sites for hydroxylation is 2. The molecule has 0 atom stereocenters. The van der Waals surface area contributed by atoms with Gasteiger partial charge in [0.2, 0.25) is 0 Å². The van der Waals surface area contributed by atoms with E-state index in [-0.39, 0.29) is 0 Å². The van der Waals surface area contributed by atoms with Crippen LogP contribution in [0.1, 0.15) is 23.5 Å². The zero-order valence-electron chi connectivity index (χ0n) is 9.29. The second-order valence-corrected chi connectivity index (χ2v) is 4.32. The van der Waals surface area contributed by atoms with Gasteiger partial charge in [-0.2, -0.15) is 0 Å². The van der Waals surface area contributed by atoms with Crippen LogP contribution >= 0.6 is 11.3 Å². The quantitative estimate of drug-likeness (QED) is 0.452. The number of nitrogens with zero attached hydrogens (tertiary/aromatic N) is 2. The normalized spacial score (nSPS) is 11.7. The Morgan fingerprint density at radius 2 is 2.40 bits per heavy atom. The number of guanidine groups is 1. The number of nitrogens with two attached hydrogens (primary N) is 1. The molecule has 1 rings (SSSR count). The van der Waals surface area contributed by atoms with E-state index in [0.29, 0.717) is 5.96 Å². The topological polar surface area (TPSA) is 63.3 Å². The number of hydrogen-bond donors (Lipinski definition) is 2. The van der Waals surface area contributed by atoms with Crippen LogP contribution in [0.5, 0.6) is 0 Å². The van der Waals surface area contributed by atoms with Gasteiger partial charge in [0.1, 0.15) is 0 Å². The number of thiazole rings is 1. The molecule has 0 aliphatic rings. The summed E-state index contributed by atoms with van der Waals surface area (Å²) in [6.45, 7) is 2.91. The largest absolute Gasteiger partial charge is 0.370 e. The molecule has 0 aliphatic heterocycles. The third-order valence-electron chi connectivity index (χ3n) is 2.03. The molecule has 3 N–H and O–H groups in total. The monoisotopic (exact) mass is 226 g/mol. The van der Waals surface area contributed by atoms with Gasteiger partial charge in [-0.1, -0.05) is 0 Å². The predicted octanol–water partition coefficient (Wildman–Crippen LogP) is 1.31. The van der Waals surface area contributed by atoms with Gasteiger partial charge < -0.3 is 11.1 Å². The summed E-state index contributed by atoms with van der Waals surface area (Å²) < 4.78 is 0. The maximum atomic E-state index is 5.50. The first-order valence-corrected chi connectivity index (χ1v) is 5.97. The molecule has 15 heavy (non-hydrogen) atoms. The van der Waals surface area contributed by atoms with E-state index in [1.54, 1.807) is 18.4 Å². The lowest BCUT2D eigenvalue weighted by Crippen LogP contribution is -2.32. The molecular formula is C10H18N4S. The molecule has 1 heterocycles. The van der Waals surface area contributed by atoms with Crippen molar-refractivity contribution in [2.24, 2.45) is 10.7 Å². The molecule has 0 aliphatic carbocycles. The summed E-state index contributed by atoms with van der Waals surface area (Å²) in [5.41, 5.74) is 6.62. The summed E-state index contributed by atoms with van der Waals surface area (Å²) in [7, 11) is 1.68. The average Bonchev–Trinajstić information content (AvgIpc) is 2.63. The highest BCUT2D eigenvalue weighted by molar-refractivity contribution is 7.09. The highest BCUT2D eigenvalue weighted by Gasteiger charge is 1.98. The highest BCUT2D eigenvalue weighted by atomic mass is 32.1. The van der Waals surface area contributed by atoms with Crippen LogP contribution in [0, 0.1) is 6.92 Å². The fourth-order valence-electron chi connectivity index (χ4n) is 1.21. The highest BCUT2D eigenvalue weighted by Crippen LogP contribution is 2.11. The van der Waals surface area contributed by atoms with Crippen LogP contribution in [0.2, 0.25) is 0 Å². The Labute approximate surface area is 94.6 Å². The summed E-state index contributed by atoms with van der Waals surface area (Å²) in [6, 6.07) is 0. The van der Waals surface area contributed by atoms with E-state index in [4.69, 9.17) is 5.73 Å². The molecule has 0 saturated carbocycles. The van der Waals surface area contributed by atoms with Crippen LogP contribution in [-0.4, -0.2) is 24.5 Å². The maximum Gasteiger partial charge on any atom is 0.188 e. The third-order valence-corrected chi connectivity index (χ3v) is 3.06. The Bertz CT molecular complexity index is 319. The molecule has 0 aromatic carbocycles. The smallest absolute Gasteiger partial charge is 0.188 e. The zero-order chi connectivity index (χ0) is 11.1. The van der Waals surface area contributed by atoms with Gasteiger partial charge >= 0.3 is 0 Å².